The van der Waals surface area contributed by atoms with Crippen molar-refractivity contribution in [1.29, 1.82) is 0 Å². The third-order valence-corrected chi connectivity index (χ3v) is 4.03. The normalized spacial score (nSPS) is 21.5. The lowest BCUT2D eigenvalue weighted by atomic mass is 10.1. The smallest absolute Gasteiger partial charge is 0.297 e. The molecule has 0 bridgehead atoms. The number of aromatic amines is 1. The van der Waals surface area contributed by atoms with Gasteiger partial charge in [0, 0.05) is 6.54 Å². The molecule has 1 atom stereocenters. The Morgan fingerprint density at radius 3 is 2.53 bits per heavy atom. The molecule has 1 saturated carbocycles. The fourth-order valence-corrected chi connectivity index (χ4v) is 2.46. The van der Waals surface area contributed by atoms with Crippen molar-refractivity contribution < 1.29 is 0 Å². The first-order valence-electron chi connectivity index (χ1n) is 5.88. The van der Waals surface area contributed by atoms with E-state index in [0.717, 1.165) is 6.42 Å². The molecule has 5 heteroatoms. The highest BCUT2D eigenvalue weighted by Gasteiger charge is 2.45. The number of hydrogen-bond donors (Lipinski definition) is 1. The van der Waals surface area contributed by atoms with Gasteiger partial charge in [0.1, 0.15) is 5.15 Å². The van der Waals surface area contributed by atoms with Crippen LogP contribution in [0.5, 0.6) is 0 Å². The third kappa shape index (κ3) is 2.18. The molecule has 0 radical (unpaired) electrons. The predicted molar refractivity (Wildman–Crippen MR) is 67.6 cm³/mol. The molecule has 0 amide bonds. The number of aromatic nitrogens is 2. The fraction of sp³-hybridized carbons (Fsp3) is 0.667. The van der Waals surface area contributed by atoms with Gasteiger partial charge in [-0.3, -0.25) is 14.3 Å². The van der Waals surface area contributed by atoms with Gasteiger partial charge in [0.2, 0.25) is 0 Å². The zero-order valence-corrected chi connectivity index (χ0v) is 11.1. The number of nitrogens with one attached hydrogen (secondary N) is 1. The van der Waals surface area contributed by atoms with Crippen molar-refractivity contribution in [3.8, 4) is 0 Å². The molecule has 1 aromatic heterocycles. The SMILES string of the molecule is CCc1c(Cl)[nH]c(=O)n(CC2CC2(C)C)c1=O. The summed E-state index contributed by atoms with van der Waals surface area (Å²) in [5.41, 5.74) is 0.0892. The lowest BCUT2D eigenvalue weighted by molar-refractivity contribution is 0.477. The Bertz CT molecular complexity index is 557. The monoisotopic (exact) mass is 256 g/mol. The van der Waals surface area contributed by atoms with Gasteiger partial charge in [0.25, 0.3) is 5.56 Å². The fourth-order valence-electron chi connectivity index (χ4n) is 2.17. The van der Waals surface area contributed by atoms with E-state index >= 15 is 0 Å². The van der Waals surface area contributed by atoms with Crippen LogP contribution in [-0.4, -0.2) is 9.55 Å². The zero-order valence-electron chi connectivity index (χ0n) is 10.3. The highest BCUT2D eigenvalue weighted by molar-refractivity contribution is 6.30. The first kappa shape index (κ1) is 12.4. The molecule has 1 heterocycles. The van der Waals surface area contributed by atoms with Gasteiger partial charge in [0.15, 0.2) is 0 Å². The molecule has 1 aliphatic rings. The molecule has 4 nitrogen and oxygen atoms in total. The first-order chi connectivity index (χ1) is 7.86. The molecule has 0 aromatic carbocycles. The molecule has 2 rings (SSSR count). The van der Waals surface area contributed by atoms with Gasteiger partial charge in [-0.2, -0.15) is 0 Å². The van der Waals surface area contributed by atoms with E-state index in [4.69, 9.17) is 11.6 Å². The van der Waals surface area contributed by atoms with E-state index in [2.05, 4.69) is 18.8 Å². The number of rotatable bonds is 3. The zero-order chi connectivity index (χ0) is 12.8. The van der Waals surface area contributed by atoms with E-state index in [1.54, 1.807) is 0 Å². The molecule has 0 aliphatic heterocycles. The van der Waals surface area contributed by atoms with Crippen LogP contribution in [0.4, 0.5) is 0 Å². The van der Waals surface area contributed by atoms with E-state index in [9.17, 15) is 9.59 Å². The van der Waals surface area contributed by atoms with E-state index in [0.29, 0.717) is 24.4 Å². The second kappa shape index (κ2) is 4.02. The van der Waals surface area contributed by atoms with Crippen LogP contribution in [0.2, 0.25) is 5.15 Å². The van der Waals surface area contributed by atoms with Gasteiger partial charge in [-0.05, 0) is 24.2 Å². The van der Waals surface area contributed by atoms with Crippen molar-refractivity contribution in [2.45, 2.75) is 40.2 Å². The summed E-state index contributed by atoms with van der Waals surface area (Å²) in [5.74, 6) is 0.409. The van der Waals surface area contributed by atoms with Crippen LogP contribution in [-0.2, 0) is 13.0 Å². The van der Waals surface area contributed by atoms with Crippen LogP contribution in [0.1, 0.15) is 32.8 Å². The van der Waals surface area contributed by atoms with Crippen LogP contribution in [0, 0.1) is 11.3 Å². The molecule has 1 aromatic rings. The van der Waals surface area contributed by atoms with E-state index in [1.807, 2.05) is 6.92 Å². The second-order valence-electron chi connectivity index (χ2n) is 5.38. The Morgan fingerprint density at radius 2 is 2.06 bits per heavy atom. The summed E-state index contributed by atoms with van der Waals surface area (Å²) in [5, 5.41) is 0.175. The van der Waals surface area contributed by atoms with Gasteiger partial charge < -0.3 is 0 Å². The Labute approximate surface area is 105 Å². The standard InChI is InChI=1S/C12H17ClN2O2/c1-4-8-9(13)14-11(17)15(10(8)16)6-7-5-12(7,2)3/h7H,4-6H2,1-3H3,(H,14,17). The lowest BCUT2D eigenvalue weighted by Crippen LogP contribution is -2.38. The average Bonchev–Trinajstić information content (AvgIpc) is 2.81. The van der Waals surface area contributed by atoms with Crippen molar-refractivity contribution >= 4 is 11.6 Å². The Morgan fingerprint density at radius 1 is 1.47 bits per heavy atom. The van der Waals surface area contributed by atoms with E-state index < -0.39 is 5.69 Å². The quantitative estimate of drug-likeness (QED) is 0.839. The highest BCUT2D eigenvalue weighted by atomic mass is 35.5. The summed E-state index contributed by atoms with van der Waals surface area (Å²) in [6.07, 6.45) is 1.59. The Kier molecular flexibility index (Phi) is 2.94. The molecule has 1 unspecified atom stereocenters. The van der Waals surface area contributed by atoms with Gasteiger partial charge in [0.05, 0.1) is 5.56 Å². The Hall–Kier alpha value is -1.03. The summed E-state index contributed by atoms with van der Waals surface area (Å²) in [4.78, 5) is 26.3. The summed E-state index contributed by atoms with van der Waals surface area (Å²) >= 11 is 5.85. The maximum absolute atomic E-state index is 12.1. The number of hydrogen-bond acceptors (Lipinski definition) is 2. The van der Waals surface area contributed by atoms with Gasteiger partial charge in [-0.15, -0.1) is 0 Å². The molecule has 1 aliphatic carbocycles. The maximum Gasteiger partial charge on any atom is 0.329 e. The highest BCUT2D eigenvalue weighted by Crippen LogP contribution is 2.52. The van der Waals surface area contributed by atoms with Gasteiger partial charge in [-0.25, -0.2) is 4.79 Å². The molecular weight excluding hydrogens is 240 g/mol. The average molecular weight is 257 g/mol. The second-order valence-corrected chi connectivity index (χ2v) is 5.76. The minimum absolute atomic E-state index is 0.175. The molecule has 17 heavy (non-hydrogen) atoms. The molecule has 94 valence electrons. The van der Waals surface area contributed by atoms with Crippen molar-refractivity contribution in [2.75, 3.05) is 0 Å². The lowest BCUT2D eigenvalue weighted by Gasteiger charge is -2.08. The van der Waals surface area contributed by atoms with Crippen LogP contribution >= 0.6 is 11.6 Å². The van der Waals surface area contributed by atoms with Crippen molar-refractivity contribution in [3.05, 3.63) is 31.6 Å². The largest absolute Gasteiger partial charge is 0.329 e. The predicted octanol–water partition coefficient (Wildman–Crippen LogP) is 1.80. The first-order valence-corrected chi connectivity index (χ1v) is 6.26. The maximum atomic E-state index is 12.1. The Balaban J connectivity index is 2.41. The van der Waals surface area contributed by atoms with Crippen LogP contribution in [0.15, 0.2) is 9.59 Å². The topological polar surface area (TPSA) is 54.9 Å². The van der Waals surface area contributed by atoms with Crippen molar-refractivity contribution in [2.24, 2.45) is 11.3 Å². The third-order valence-electron chi connectivity index (χ3n) is 3.70. The number of nitrogens with zero attached hydrogens (tertiary/aromatic N) is 1. The minimum atomic E-state index is -0.403. The molecule has 0 spiro atoms. The van der Waals surface area contributed by atoms with Gasteiger partial charge in [-0.1, -0.05) is 32.4 Å². The molecular formula is C12H17ClN2O2. The number of H-pyrrole nitrogens is 1. The van der Waals surface area contributed by atoms with Crippen molar-refractivity contribution in [3.63, 3.8) is 0 Å². The van der Waals surface area contributed by atoms with Crippen molar-refractivity contribution in [1.82, 2.24) is 9.55 Å². The molecule has 1 N–H and O–H groups in total. The summed E-state index contributed by atoms with van der Waals surface area (Å²) in [6.45, 7) is 6.64. The van der Waals surface area contributed by atoms with Crippen LogP contribution < -0.4 is 11.2 Å². The summed E-state index contributed by atoms with van der Waals surface area (Å²) < 4.78 is 1.28. The molecule has 1 fully saturated rings. The number of halogens is 1. The summed E-state index contributed by atoms with van der Waals surface area (Å²) in [6, 6.07) is 0. The van der Waals surface area contributed by atoms with E-state index in [1.165, 1.54) is 4.57 Å². The van der Waals surface area contributed by atoms with Gasteiger partial charge >= 0.3 is 5.69 Å². The van der Waals surface area contributed by atoms with Crippen LogP contribution in [0.25, 0.3) is 0 Å². The van der Waals surface area contributed by atoms with Crippen LogP contribution in [0.3, 0.4) is 0 Å². The minimum Gasteiger partial charge on any atom is -0.297 e. The summed E-state index contributed by atoms with van der Waals surface area (Å²) in [7, 11) is 0. The molecule has 0 saturated heterocycles. The van der Waals surface area contributed by atoms with E-state index in [-0.39, 0.29) is 16.1 Å².